The predicted octanol–water partition coefficient (Wildman–Crippen LogP) is 4.37. The van der Waals surface area contributed by atoms with Crippen LogP contribution in [-0.2, 0) is 6.54 Å². The zero-order valence-corrected chi connectivity index (χ0v) is 14.2. The van der Waals surface area contributed by atoms with Gasteiger partial charge in [0.1, 0.15) is 24.7 Å². The van der Waals surface area contributed by atoms with Crippen LogP contribution in [0.2, 0.25) is 0 Å². The van der Waals surface area contributed by atoms with E-state index in [2.05, 4.69) is 44.2 Å². The van der Waals surface area contributed by atoms with Gasteiger partial charge in [0.2, 0.25) is 0 Å². The van der Waals surface area contributed by atoms with Crippen molar-refractivity contribution in [2.45, 2.75) is 20.4 Å². The normalized spacial score (nSPS) is 10.8. The van der Waals surface area contributed by atoms with Crippen LogP contribution in [0.25, 0.3) is 10.8 Å². The van der Waals surface area contributed by atoms with Gasteiger partial charge in [0.15, 0.2) is 0 Å². The molecule has 2 N–H and O–H groups in total. The van der Waals surface area contributed by atoms with Gasteiger partial charge in [-0.15, -0.1) is 0 Å². The molecule has 0 fully saturated rings. The maximum atomic E-state index is 5.94. The number of hydrogen-bond donors (Lipinski definition) is 1. The third-order valence-electron chi connectivity index (χ3n) is 4.20. The van der Waals surface area contributed by atoms with Gasteiger partial charge in [-0.2, -0.15) is 0 Å². The first-order valence-corrected chi connectivity index (χ1v) is 8.23. The molecule has 0 aromatic heterocycles. The van der Waals surface area contributed by atoms with Crippen molar-refractivity contribution in [1.82, 2.24) is 0 Å². The highest BCUT2D eigenvalue weighted by atomic mass is 16.5. The van der Waals surface area contributed by atoms with Gasteiger partial charge in [-0.1, -0.05) is 48.5 Å². The molecular weight excluding hydrogens is 298 g/mol. The number of fused-ring (bicyclic) bond motifs is 1. The fourth-order valence-corrected chi connectivity index (χ4v) is 2.98. The van der Waals surface area contributed by atoms with Gasteiger partial charge < -0.3 is 15.2 Å². The molecule has 0 aliphatic rings. The van der Waals surface area contributed by atoms with Crippen molar-refractivity contribution in [3.63, 3.8) is 0 Å². The van der Waals surface area contributed by atoms with E-state index in [-0.39, 0.29) is 0 Å². The highest BCUT2D eigenvalue weighted by molar-refractivity contribution is 5.87. The lowest BCUT2D eigenvalue weighted by Gasteiger charge is -2.15. The van der Waals surface area contributed by atoms with Crippen LogP contribution in [0, 0.1) is 13.8 Å². The summed E-state index contributed by atoms with van der Waals surface area (Å²) < 4.78 is 11.8. The van der Waals surface area contributed by atoms with Crippen molar-refractivity contribution in [2.75, 3.05) is 13.2 Å². The van der Waals surface area contributed by atoms with Crippen LogP contribution in [0.4, 0.5) is 0 Å². The molecular formula is C21H23NO2. The van der Waals surface area contributed by atoms with Crippen molar-refractivity contribution >= 4 is 10.8 Å². The van der Waals surface area contributed by atoms with Gasteiger partial charge in [-0.05, 0) is 41.8 Å². The van der Waals surface area contributed by atoms with Gasteiger partial charge in [0.25, 0.3) is 0 Å². The second-order valence-electron chi connectivity index (χ2n) is 5.89. The Kier molecular flexibility index (Phi) is 5.02. The van der Waals surface area contributed by atoms with E-state index in [9.17, 15) is 0 Å². The first kappa shape index (κ1) is 16.3. The fraction of sp³-hybridized carbons (Fsp3) is 0.238. The van der Waals surface area contributed by atoms with Crippen LogP contribution in [-0.4, -0.2) is 13.2 Å². The monoisotopic (exact) mass is 321 g/mol. The molecule has 3 aromatic rings. The van der Waals surface area contributed by atoms with Crippen LogP contribution >= 0.6 is 0 Å². The molecule has 0 saturated heterocycles. The molecule has 3 heteroatoms. The Balaban J connectivity index is 1.68. The van der Waals surface area contributed by atoms with E-state index >= 15 is 0 Å². The number of benzene rings is 3. The zero-order valence-electron chi connectivity index (χ0n) is 14.2. The molecule has 3 aromatic carbocycles. The van der Waals surface area contributed by atoms with Crippen molar-refractivity contribution in [2.24, 2.45) is 5.73 Å². The Morgan fingerprint density at radius 1 is 0.792 bits per heavy atom. The molecule has 124 valence electrons. The summed E-state index contributed by atoms with van der Waals surface area (Å²) in [5.74, 6) is 1.78. The van der Waals surface area contributed by atoms with Gasteiger partial charge in [-0.25, -0.2) is 0 Å². The molecule has 0 unspecified atom stereocenters. The number of nitrogens with two attached hydrogens (primary N) is 1. The zero-order chi connectivity index (χ0) is 16.9. The van der Waals surface area contributed by atoms with Crippen molar-refractivity contribution in [3.8, 4) is 11.5 Å². The maximum absolute atomic E-state index is 5.94. The van der Waals surface area contributed by atoms with Crippen LogP contribution in [0.1, 0.15) is 16.7 Å². The molecule has 0 radical (unpaired) electrons. The van der Waals surface area contributed by atoms with Gasteiger partial charge >= 0.3 is 0 Å². The lowest BCUT2D eigenvalue weighted by molar-refractivity contribution is 0.214. The number of aryl methyl sites for hydroxylation is 2. The van der Waals surface area contributed by atoms with E-state index in [1.165, 1.54) is 5.39 Å². The average molecular weight is 321 g/mol. The summed E-state index contributed by atoms with van der Waals surface area (Å²) in [6, 6.07) is 18.4. The summed E-state index contributed by atoms with van der Waals surface area (Å²) in [6.07, 6.45) is 0. The molecule has 0 saturated carbocycles. The Morgan fingerprint density at radius 3 is 2.25 bits per heavy atom. The maximum Gasteiger partial charge on any atom is 0.125 e. The van der Waals surface area contributed by atoms with Gasteiger partial charge in [-0.3, -0.25) is 0 Å². The molecule has 0 aliphatic heterocycles. The standard InChI is InChI=1S/C21H23NO2/c1-15-6-5-7-16(2)21(15)24-13-12-23-20-11-10-17-8-3-4-9-18(17)19(20)14-22/h3-11H,12-14,22H2,1-2H3. The highest BCUT2D eigenvalue weighted by Crippen LogP contribution is 2.28. The molecule has 0 heterocycles. The Hall–Kier alpha value is -2.52. The number of ether oxygens (including phenoxy) is 2. The molecule has 3 rings (SSSR count). The predicted molar refractivity (Wildman–Crippen MR) is 98.7 cm³/mol. The number of para-hydroxylation sites is 1. The van der Waals surface area contributed by atoms with E-state index < -0.39 is 0 Å². The van der Waals surface area contributed by atoms with Crippen LogP contribution < -0.4 is 15.2 Å². The topological polar surface area (TPSA) is 44.5 Å². The summed E-state index contributed by atoms with van der Waals surface area (Å²) in [4.78, 5) is 0. The first-order chi connectivity index (χ1) is 11.7. The quantitative estimate of drug-likeness (QED) is 0.686. The Bertz CT molecular complexity index is 822. The van der Waals surface area contributed by atoms with E-state index in [4.69, 9.17) is 15.2 Å². The highest BCUT2D eigenvalue weighted by Gasteiger charge is 2.08. The third kappa shape index (κ3) is 3.36. The van der Waals surface area contributed by atoms with E-state index in [1.54, 1.807) is 0 Å². The fourth-order valence-electron chi connectivity index (χ4n) is 2.98. The van der Waals surface area contributed by atoms with Crippen LogP contribution in [0.3, 0.4) is 0 Å². The minimum atomic E-state index is 0.453. The molecule has 3 nitrogen and oxygen atoms in total. The first-order valence-electron chi connectivity index (χ1n) is 8.23. The molecule has 0 bridgehead atoms. The van der Waals surface area contributed by atoms with Gasteiger partial charge in [0.05, 0.1) is 0 Å². The Labute approximate surface area is 143 Å². The lowest BCUT2D eigenvalue weighted by Crippen LogP contribution is -2.12. The molecule has 0 atom stereocenters. The van der Waals surface area contributed by atoms with E-state index in [0.29, 0.717) is 19.8 Å². The summed E-state index contributed by atoms with van der Waals surface area (Å²) in [7, 11) is 0. The van der Waals surface area contributed by atoms with Crippen LogP contribution in [0.5, 0.6) is 11.5 Å². The Morgan fingerprint density at radius 2 is 1.50 bits per heavy atom. The summed E-state index contributed by atoms with van der Waals surface area (Å²) >= 11 is 0. The smallest absolute Gasteiger partial charge is 0.125 e. The van der Waals surface area contributed by atoms with Crippen molar-refractivity contribution < 1.29 is 9.47 Å². The summed E-state index contributed by atoms with van der Waals surface area (Å²) in [5, 5.41) is 2.32. The lowest BCUT2D eigenvalue weighted by atomic mass is 10.0. The summed E-state index contributed by atoms with van der Waals surface area (Å²) in [5.41, 5.74) is 9.27. The van der Waals surface area contributed by atoms with Crippen LogP contribution in [0.15, 0.2) is 54.6 Å². The van der Waals surface area contributed by atoms with Gasteiger partial charge in [0, 0.05) is 12.1 Å². The third-order valence-corrected chi connectivity index (χ3v) is 4.20. The SMILES string of the molecule is Cc1cccc(C)c1OCCOc1ccc2ccccc2c1CN. The molecule has 0 spiro atoms. The van der Waals surface area contributed by atoms with E-state index in [1.807, 2.05) is 24.3 Å². The molecule has 24 heavy (non-hydrogen) atoms. The minimum absolute atomic E-state index is 0.453. The molecule has 0 amide bonds. The minimum Gasteiger partial charge on any atom is -0.490 e. The van der Waals surface area contributed by atoms with Crippen molar-refractivity contribution in [1.29, 1.82) is 0 Å². The largest absolute Gasteiger partial charge is 0.490 e. The van der Waals surface area contributed by atoms with E-state index in [0.717, 1.165) is 33.6 Å². The summed E-state index contributed by atoms with van der Waals surface area (Å²) in [6.45, 7) is 5.55. The van der Waals surface area contributed by atoms with Crippen molar-refractivity contribution in [3.05, 3.63) is 71.3 Å². The number of rotatable bonds is 6. The second kappa shape index (κ2) is 7.37. The molecule has 0 aliphatic carbocycles. The average Bonchev–Trinajstić information content (AvgIpc) is 2.60. The number of hydrogen-bond acceptors (Lipinski definition) is 3. The second-order valence-corrected chi connectivity index (χ2v) is 5.89.